The normalized spacial score (nSPS) is 10.9. The van der Waals surface area contributed by atoms with Crippen LogP contribution in [0.3, 0.4) is 0 Å². The Labute approximate surface area is 170 Å². The molecule has 0 saturated carbocycles. The van der Waals surface area contributed by atoms with Crippen molar-refractivity contribution in [3.05, 3.63) is 63.1 Å². The average Bonchev–Trinajstić information content (AvgIpc) is 3.20. The summed E-state index contributed by atoms with van der Waals surface area (Å²) in [4.78, 5) is 14.2. The van der Waals surface area contributed by atoms with Gasteiger partial charge in [0.25, 0.3) is 5.91 Å². The Kier molecular flexibility index (Phi) is 5.86. The fraction of sp³-hybridized carbons (Fsp3) is 0.278. The molecular weight excluding hydrogens is 434 g/mol. The van der Waals surface area contributed by atoms with Crippen LogP contribution in [0.25, 0.3) is 0 Å². The molecule has 1 amide bonds. The van der Waals surface area contributed by atoms with Crippen molar-refractivity contribution in [3.63, 3.8) is 0 Å². The van der Waals surface area contributed by atoms with Gasteiger partial charge in [-0.2, -0.15) is 10.2 Å². The van der Waals surface area contributed by atoms with E-state index in [-0.39, 0.29) is 12.6 Å². The van der Waals surface area contributed by atoms with Crippen molar-refractivity contribution in [2.75, 3.05) is 7.05 Å². The smallest absolute Gasteiger partial charge is 0.274 e. The van der Waals surface area contributed by atoms with Crippen LogP contribution < -0.4 is 4.74 Å². The number of aryl methyl sites for hydroxylation is 2. The van der Waals surface area contributed by atoms with Gasteiger partial charge in [0.05, 0.1) is 10.2 Å². The number of carbonyl (C=O) groups is 1. The fourth-order valence-electron chi connectivity index (χ4n) is 2.60. The highest BCUT2D eigenvalue weighted by molar-refractivity contribution is 9.10. The predicted molar refractivity (Wildman–Crippen MR) is 106 cm³/mol. The van der Waals surface area contributed by atoms with E-state index in [0.717, 1.165) is 15.7 Å². The van der Waals surface area contributed by atoms with Crippen LogP contribution in [0.4, 0.5) is 0 Å². The van der Waals surface area contributed by atoms with Crippen molar-refractivity contribution < 1.29 is 9.53 Å². The van der Waals surface area contributed by atoms with Crippen molar-refractivity contribution in [2.45, 2.75) is 20.2 Å². The van der Waals surface area contributed by atoms with E-state index in [1.54, 1.807) is 51.8 Å². The van der Waals surface area contributed by atoms with Gasteiger partial charge in [-0.25, -0.2) is 4.68 Å². The molecule has 3 rings (SSSR count). The molecule has 3 aromatic rings. The Morgan fingerprint density at radius 2 is 2.11 bits per heavy atom. The number of hydrogen-bond acceptors (Lipinski definition) is 4. The highest BCUT2D eigenvalue weighted by Crippen LogP contribution is 2.28. The monoisotopic (exact) mass is 451 g/mol. The summed E-state index contributed by atoms with van der Waals surface area (Å²) in [5, 5.41) is 9.22. The van der Waals surface area contributed by atoms with Crippen LogP contribution in [0.1, 0.15) is 21.7 Å². The molecule has 0 fully saturated rings. The number of hydrogen-bond donors (Lipinski definition) is 0. The number of aromatic nitrogens is 4. The summed E-state index contributed by atoms with van der Waals surface area (Å²) in [6.45, 7) is 2.58. The molecule has 0 N–H and O–H groups in total. The Morgan fingerprint density at radius 3 is 2.78 bits per heavy atom. The van der Waals surface area contributed by atoms with Gasteiger partial charge in [-0.1, -0.05) is 11.6 Å². The lowest BCUT2D eigenvalue weighted by Crippen LogP contribution is -2.27. The van der Waals surface area contributed by atoms with Crippen LogP contribution in [0, 0.1) is 6.92 Å². The largest absolute Gasteiger partial charge is 0.470 e. The van der Waals surface area contributed by atoms with Crippen LogP contribution >= 0.6 is 27.5 Å². The second-order valence-electron chi connectivity index (χ2n) is 6.16. The Balaban J connectivity index is 1.62. The van der Waals surface area contributed by atoms with Crippen molar-refractivity contribution in [1.82, 2.24) is 24.5 Å². The van der Waals surface area contributed by atoms with Gasteiger partial charge in [0.1, 0.15) is 5.75 Å². The van der Waals surface area contributed by atoms with Gasteiger partial charge in [0.15, 0.2) is 12.4 Å². The first-order chi connectivity index (χ1) is 12.8. The fourth-order valence-corrected chi connectivity index (χ4v) is 3.40. The lowest BCUT2D eigenvalue weighted by Gasteiger charge is -2.15. The van der Waals surface area contributed by atoms with Crippen molar-refractivity contribution in [2.24, 2.45) is 7.05 Å². The molecule has 9 heteroatoms. The molecule has 0 unspecified atom stereocenters. The first kappa shape index (κ1) is 19.4. The zero-order chi connectivity index (χ0) is 19.6. The minimum Gasteiger partial charge on any atom is -0.470 e. The molecule has 27 heavy (non-hydrogen) atoms. The van der Waals surface area contributed by atoms with Crippen LogP contribution in [-0.2, 0) is 20.3 Å². The maximum Gasteiger partial charge on any atom is 0.274 e. The number of rotatable bonds is 6. The van der Waals surface area contributed by atoms with E-state index in [9.17, 15) is 4.79 Å². The van der Waals surface area contributed by atoms with Crippen LogP contribution in [0.5, 0.6) is 5.75 Å². The van der Waals surface area contributed by atoms with Gasteiger partial charge in [-0.05, 0) is 47.1 Å². The van der Waals surface area contributed by atoms with E-state index < -0.39 is 0 Å². The third-order valence-corrected chi connectivity index (χ3v) is 4.83. The van der Waals surface area contributed by atoms with Gasteiger partial charge in [-0.3, -0.25) is 9.48 Å². The topological polar surface area (TPSA) is 65.2 Å². The summed E-state index contributed by atoms with van der Waals surface area (Å²) >= 11 is 9.32. The Bertz CT molecular complexity index is 969. The minimum absolute atomic E-state index is 0.162. The second-order valence-corrected chi connectivity index (χ2v) is 7.45. The third-order valence-electron chi connectivity index (χ3n) is 3.98. The van der Waals surface area contributed by atoms with Gasteiger partial charge in [0, 0.05) is 43.6 Å². The summed E-state index contributed by atoms with van der Waals surface area (Å²) < 4.78 is 9.77. The molecule has 0 spiro atoms. The SMILES string of the molecule is Cc1nn(C)cc1CN(C)C(=O)c1ccn(COc2ccc(Cl)cc2Br)n1. The van der Waals surface area contributed by atoms with E-state index in [1.807, 2.05) is 20.2 Å². The number of halogens is 2. The molecule has 0 saturated heterocycles. The summed E-state index contributed by atoms with van der Waals surface area (Å²) in [7, 11) is 3.61. The summed E-state index contributed by atoms with van der Waals surface area (Å²) in [5.41, 5.74) is 2.27. The molecule has 0 atom stereocenters. The van der Waals surface area contributed by atoms with Gasteiger partial charge in [-0.15, -0.1) is 0 Å². The molecule has 0 radical (unpaired) electrons. The van der Waals surface area contributed by atoms with Crippen molar-refractivity contribution >= 4 is 33.4 Å². The molecule has 1 aromatic carbocycles. The first-order valence-corrected chi connectivity index (χ1v) is 9.36. The molecule has 142 valence electrons. The van der Waals surface area contributed by atoms with Crippen molar-refractivity contribution in [3.8, 4) is 5.75 Å². The highest BCUT2D eigenvalue weighted by atomic mass is 79.9. The minimum atomic E-state index is -0.162. The van der Waals surface area contributed by atoms with E-state index in [1.165, 1.54) is 0 Å². The summed E-state index contributed by atoms with van der Waals surface area (Å²) in [6.07, 6.45) is 3.62. The molecule has 2 heterocycles. The summed E-state index contributed by atoms with van der Waals surface area (Å²) in [6, 6.07) is 6.95. The third kappa shape index (κ3) is 4.70. The Hall–Kier alpha value is -2.32. The van der Waals surface area contributed by atoms with E-state index in [4.69, 9.17) is 16.3 Å². The summed E-state index contributed by atoms with van der Waals surface area (Å²) in [5.74, 6) is 0.483. The predicted octanol–water partition coefficient (Wildman–Crippen LogP) is 3.65. The molecule has 0 aliphatic heterocycles. The van der Waals surface area contributed by atoms with Crippen molar-refractivity contribution in [1.29, 1.82) is 0 Å². The molecule has 0 bridgehead atoms. The number of benzene rings is 1. The van der Waals surface area contributed by atoms with Crippen LogP contribution in [-0.4, -0.2) is 37.4 Å². The molecule has 0 aliphatic carbocycles. The van der Waals surface area contributed by atoms with Crippen LogP contribution in [0.2, 0.25) is 5.02 Å². The van der Waals surface area contributed by atoms with Crippen LogP contribution in [0.15, 0.2) is 41.1 Å². The maximum atomic E-state index is 12.6. The molecule has 2 aromatic heterocycles. The maximum absolute atomic E-state index is 12.6. The zero-order valence-electron chi connectivity index (χ0n) is 15.2. The molecule has 0 aliphatic rings. The van der Waals surface area contributed by atoms with Gasteiger partial charge >= 0.3 is 0 Å². The van der Waals surface area contributed by atoms with Gasteiger partial charge in [0.2, 0.25) is 0 Å². The lowest BCUT2D eigenvalue weighted by atomic mass is 10.2. The molecular formula is C18H19BrClN5O2. The average molecular weight is 453 g/mol. The lowest BCUT2D eigenvalue weighted by molar-refractivity contribution is 0.0777. The van der Waals surface area contributed by atoms with E-state index >= 15 is 0 Å². The van der Waals surface area contributed by atoms with E-state index in [2.05, 4.69) is 26.1 Å². The molecule has 7 nitrogen and oxygen atoms in total. The Morgan fingerprint density at radius 1 is 1.33 bits per heavy atom. The number of nitrogens with zero attached hydrogens (tertiary/aromatic N) is 5. The zero-order valence-corrected chi connectivity index (χ0v) is 17.5. The standard InChI is InChI=1S/C18H19BrClN5O2/c1-12-13(10-24(3)21-12)9-23(2)18(26)16-6-7-25(22-16)11-27-17-5-4-14(20)8-15(17)19/h4-8,10H,9,11H2,1-3H3. The number of amides is 1. The number of carbonyl (C=O) groups excluding carboxylic acids is 1. The highest BCUT2D eigenvalue weighted by Gasteiger charge is 2.17. The number of ether oxygens (including phenoxy) is 1. The first-order valence-electron chi connectivity index (χ1n) is 8.19. The van der Waals surface area contributed by atoms with E-state index in [0.29, 0.717) is 23.0 Å². The second kappa shape index (κ2) is 8.14. The quantitative estimate of drug-likeness (QED) is 0.573. The van der Waals surface area contributed by atoms with Gasteiger partial charge < -0.3 is 9.64 Å².